The van der Waals surface area contributed by atoms with Crippen molar-refractivity contribution in [2.24, 2.45) is 0 Å². The zero-order chi connectivity index (χ0) is 14.5. The van der Waals surface area contributed by atoms with Gasteiger partial charge in [0, 0.05) is 6.54 Å². The van der Waals surface area contributed by atoms with E-state index in [1.54, 1.807) is 6.92 Å². The zero-order valence-electron chi connectivity index (χ0n) is 11.3. The average Bonchev–Trinajstić information content (AvgIpc) is 2.63. The topological polar surface area (TPSA) is 88.2 Å². The maximum absolute atomic E-state index is 11.9. The zero-order valence-corrected chi connectivity index (χ0v) is 12.9. The number of hydrogen-bond donors (Lipinski definition) is 2. The lowest BCUT2D eigenvalue weighted by atomic mass is 10.2. The van der Waals surface area contributed by atoms with Gasteiger partial charge in [-0.1, -0.05) is 31.1 Å². The van der Waals surface area contributed by atoms with E-state index in [0.29, 0.717) is 17.1 Å². The number of nitrogens with one attached hydrogen (secondary N) is 2. The molecule has 19 heavy (non-hydrogen) atoms. The van der Waals surface area contributed by atoms with E-state index in [-0.39, 0.29) is 11.0 Å². The number of unbranched alkanes of at least 4 members (excludes halogenated alkanes) is 2. The van der Waals surface area contributed by atoms with Gasteiger partial charge < -0.3 is 5.32 Å². The van der Waals surface area contributed by atoms with Gasteiger partial charge in [0.25, 0.3) is 5.91 Å². The molecule has 2 N–H and O–H groups in total. The number of amides is 1. The van der Waals surface area contributed by atoms with Gasteiger partial charge in [0.05, 0.1) is 11.9 Å². The number of aryl methyl sites for hydroxylation is 1. The Labute approximate surface area is 117 Å². The second-order valence-corrected chi connectivity index (χ2v) is 7.02. The quantitative estimate of drug-likeness (QED) is 0.751. The summed E-state index contributed by atoms with van der Waals surface area (Å²) in [6, 6.07) is 0. The molecule has 1 heterocycles. The predicted molar refractivity (Wildman–Crippen MR) is 77.2 cm³/mol. The number of sulfonamides is 1. The van der Waals surface area contributed by atoms with Crippen LogP contribution >= 0.6 is 11.3 Å². The lowest BCUT2D eigenvalue weighted by molar-refractivity contribution is 0.0956. The number of nitrogens with zero attached hydrogens (tertiary/aromatic N) is 1. The largest absolute Gasteiger partial charge is 0.351 e. The third-order valence-corrected chi connectivity index (χ3v) is 4.11. The van der Waals surface area contributed by atoms with Crippen LogP contribution in [0.2, 0.25) is 0 Å². The van der Waals surface area contributed by atoms with Crippen molar-refractivity contribution in [2.75, 3.05) is 17.5 Å². The molecule has 0 aliphatic rings. The van der Waals surface area contributed by atoms with E-state index in [2.05, 4.69) is 21.9 Å². The van der Waals surface area contributed by atoms with Crippen molar-refractivity contribution in [3.63, 3.8) is 0 Å². The molecule has 1 aromatic rings. The molecular formula is C11H19N3O3S2. The maximum Gasteiger partial charge on any atom is 0.263 e. The lowest BCUT2D eigenvalue weighted by Crippen LogP contribution is -2.24. The Morgan fingerprint density at radius 2 is 2.05 bits per heavy atom. The van der Waals surface area contributed by atoms with Crippen LogP contribution in [0.1, 0.15) is 41.6 Å². The molecule has 0 saturated carbocycles. The number of thiazole rings is 1. The van der Waals surface area contributed by atoms with Gasteiger partial charge in [0.1, 0.15) is 4.88 Å². The Morgan fingerprint density at radius 3 is 2.63 bits per heavy atom. The Morgan fingerprint density at radius 1 is 1.37 bits per heavy atom. The van der Waals surface area contributed by atoms with E-state index in [1.165, 1.54) is 0 Å². The molecule has 0 aliphatic heterocycles. The van der Waals surface area contributed by atoms with Crippen molar-refractivity contribution in [1.82, 2.24) is 10.3 Å². The molecule has 6 nitrogen and oxygen atoms in total. The van der Waals surface area contributed by atoms with Gasteiger partial charge in [-0.3, -0.25) is 9.52 Å². The second kappa shape index (κ2) is 6.85. The summed E-state index contributed by atoms with van der Waals surface area (Å²) in [6.45, 7) is 4.40. The van der Waals surface area contributed by atoms with Crippen LogP contribution in [0, 0.1) is 6.92 Å². The summed E-state index contributed by atoms with van der Waals surface area (Å²) >= 11 is 1.04. The molecule has 0 aliphatic carbocycles. The third-order valence-electron chi connectivity index (χ3n) is 2.34. The molecule has 0 bridgehead atoms. The standard InChI is InChI=1S/C11H19N3O3S2/c1-4-5-6-7-12-10(15)9-8(2)13-11(18-9)14-19(3,16)17/h4-7H2,1-3H3,(H,12,15)(H,13,14). The van der Waals surface area contributed by atoms with Gasteiger partial charge in [-0.25, -0.2) is 13.4 Å². The first-order chi connectivity index (χ1) is 8.83. The molecule has 8 heteroatoms. The highest BCUT2D eigenvalue weighted by atomic mass is 32.2. The molecule has 1 amide bonds. The Bertz CT molecular complexity index is 537. The van der Waals surface area contributed by atoms with Gasteiger partial charge in [-0.15, -0.1) is 0 Å². The van der Waals surface area contributed by atoms with Crippen LogP contribution in [0.25, 0.3) is 0 Å². The second-order valence-electron chi connectivity index (χ2n) is 4.27. The van der Waals surface area contributed by atoms with Crippen LogP contribution in [0.15, 0.2) is 0 Å². The fraction of sp³-hybridized carbons (Fsp3) is 0.636. The summed E-state index contributed by atoms with van der Waals surface area (Å²) in [5.74, 6) is -0.201. The first kappa shape index (κ1) is 15.9. The fourth-order valence-corrected chi connectivity index (χ4v) is 3.18. The number of anilines is 1. The van der Waals surface area contributed by atoms with Gasteiger partial charge in [0.2, 0.25) is 10.0 Å². The van der Waals surface area contributed by atoms with Crippen molar-refractivity contribution in [1.29, 1.82) is 0 Å². The van der Waals surface area contributed by atoms with Gasteiger partial charge >= 0.3 is 0 Å². The van der Waals surface area contributed by atoms with Gasteiger partial charge in [-0.2, -0.15) is 0 Å². The molecule has 108 valence electrons. The molecule has 0 radical (unpaired) electrons. The molecule has 0 unspecified atom stereocenters. The van der Waals surface area contributed by atoms with E-state index < -0.39 is 10.0 Å². The maximum atomic E-state index is 11.9. The third kappa shape index (κ3) is 5.56. The summed E-state index contributed by atoms with van der Waals surface area (Å²) in [7, 11) is -3.36. The van der Waals surface area contributed by atoms with Crippen LogP contribution in [0.5, 0.6) is 0 Å². The molecule has 0 saturated heterocycles. The van der Waals surface area contributed by atoms with E-state index in [4.69, 9.17) is 0 Å². The van der Waals surface area contributed by atoms with Gasteiger partial charge in [-0.05, 0) is 13.3 Å². The number of hydrogen-bond acceptors (Lipinski definition) is 5. The molecule has 0 spiro atoms. The van der Waals surface area contributed by atoms with E-state index in [0.717, 1.165) is 36.9 Å². The normalized spacial score (nSPS) is 11.3. The minimum Gasteiger partial charge on any atom is -0.351 e. The minimum absolute atomic E-state index is 0.201. The molecule has 1 rings (SSSR count). The summed E-state index contributed by atoms with van der Waals surface area (Å²) < 4.78 is 24.5. The SMILES string of the molecule is CCCCCNC(=O)c1sc(NS(C)(=O)=O)nc1C. The molecule has 0 fully saturated rings. The first-order valence-corrected chi connectivity index (χ1v) is 8.77. The highest BCUT2D eigenvalue weighted by Gasteiger charge is 2.16. The van der Waals surface area contributed by atoms with Crippen molar-refractivity contribution in [3.05, 3.63) is 10.6 Å². The van der Waals surface area contributed by atoms with Crippen LogP contribution in [-0.2, 0) is 10.0 Å². The number of carbonyl (C=O) groups is 1. The Hall–Kier alpha value is -1.15. The van der Waals surface area contributed by atoms with E-state index in [9.17, 15) is 13.2 Å². The molecule has 0 atom stereocenters. The van der Waals surface area contributed by atoms with Crippen LogP contribution in [0.3, 0.4) is 0 Å². The van der Waals surface area contributed by atoms with Crippen molar-refractivity contribution in [2.45, 2.75) is 33.1 Å². The predicted octanol–water partition coefficient (Wildman–Crippen LogP) is 1.74. The average molecular weight is 305 g/mol. The summed E-state index contributed by atoms with van der Waals surface area (Å²) in [6.07, 6.45) is 4.16. The van der Waals surface area contributed by atoms with Crippen molar-refractivity contribution >= 4 is 32.4 Å². The Balaban J connectivity index is 2.65. The minimum atomic E-state index is -3.36. The van der Waals surface area contributed by atoms with E-state index >= 15 is 0 Å². The number of aromatic nitrogens is 1. The highest BCUT2D eigenvalue weighted by molar-refractivity contribution is 7.92. The van der Waals surface area contributed by atoms with E-state index in [1.807, 2.05) is 0 Å². The number of rotatable bonds is 7. The first-order valence-electron chi connectivity index (χ1n) is 6.07. The monoisotopic (exact) mass is 305 g/mol. The van der Waals surface area contributed by atoms with Crippen molar-refractivity contribution < 1.29 is 13.2 Å². The van der Waals surface area contributed by atoms with Crippen LogP contribution in [-0.4, -0.2) is 32.1 Å². The van der Waals surface area contributed by atoms with Crippen LogP contribution in [0.4, 0.5) is 5.13 Å². The number of carbonyl (C=O) groups excluding carboxylic acids is 1. The Kier molecular flexibility index (Phi) is 5.74. The summed E-state index contributed by atoms with van der Waals surface area (Å²) in [4.78, 5) is 16.4. The molecule has 0 aromatic carbocycles. The smallest absolute Gasteiger partial charge is 0.263 e. The lowest BCUT2D eigenvalue weighted by Gasteiger charge is -2.02. The fourth-order valence-electron chi connectivity index (χ4n) is 1.47. The molecular weight excluding hydrogens is 286 g/mol. The van der Waals surface area contributed by atoms with Gasteiger partial charge in [0.15, 0.2) is 5.13 Å². The van der Waals surface area contributed by atoms with Crippen LogP contribution < -0.4 is 10.0 Å². The van der Waals surface area contributed by atoms with Crippen molar-refractivity contribution in [3.8, 4) is 0 Å². The summed E-state index contributed by atoms with van der Waals surface area (Å²) in [5.41, 5.74) is 0.532. The molecule has 1 aromatic heterocycles. The summed E-state index contributed by atoms with van der Waals surface area (Å²) in [5, 5.41) is 3.03. The highest BCUT2D eigenvalue weighted by Crippen LogP contribution is 2.23.